The molecule has 1 aromatic heterocycles. The van der Waals surface area contributed by atoms with Crippen LogP contribution in [-0.2, 0) is 0 Å². The molecule has 1 heterocycles. The predicted octanol–water partition coefficient (Wildman–Crippen LogP) is 6.62. The zero-order valence-electron chi connectivity index (χ0n) is 23.0. The maximum absolute atomic E-state index is 13.1. The summed E-state index contributed by atoms with van der Waals surface area (Å²) in [5, 5.41) is 10.0. The molecule has 0 fully saturated rings. The van der Waals surface area contributed by atoms with Gasteiger partial charge >= 0.3 is 12.3 Å². The van der Waals surface area contributed by atoms with E-state index in [-0.39, 0.29) is 0 Å². The van der Waals surface area contributed by atoms with Crippen LogP contribution in [-0.4, -0.2) is 51.8 Å². The number of rotatable bonds is 10. The van der Waals surface area contributed by atoms with Crippen molar-refractivity contribution in [2.45, 2.75) is 57.4 Å². The average Bonchev–Trinajstić information content (AvgIpc) is 3.44. The highest BCUT2D eigenvalue weighted by molar-refractivity contribution is 5.60. The highest BCUT2D eigenvalue weighted by Crippen LogP contribution is 2.37. The van der Waals surface area contributed by atoms with Crippen LogP contribution in [0.25, 0.3) is 11.3 Å². The predicted molar refractivity (Wildman–Crippen MR) is 148 cm³/mol. The number of benzene rings is 2. The molecule has 220 valence electrons. The van der Waals surface area contributed by atoms with Crippen molar-refractivity contribution in [3.63, 3.8) is 0 Å². The van der Waals surface area contributed by atoms with Gasteiger partial charge in [0.05, 0.1) is 12.4 Å². The van der Waals surface area contributed by atoms with Gasteiger partial charge in [0.25, 0.3) is 0 Å². The van der Waals surface area contributed by atoms with Crippen LogP contribution < -0.4 is 15.5 Å². The van der Waals surface area contributed by atoms with E-state index in [1.54, 1.807) is 0 Å². The number of hydrogen-bond donors (Lipinski definition) is 2. The van der Waals surface area contributed by atoms with Crippen molar-refractivity contribution < 1.29 is 26.7 Å². The lowest BCUT2D eigenvalue weighted by Gasteiger charge is -2.31. The van der Waals surface area contributed by atoms with Crippen LogP contribution in [0.15, 0.2) is 60.9 Å². The van der Waals surface area contributed by atoms with E-state index in [0.717, 1.165) is 42.7 Å². The number of hydrazine groups is 1. The van der Waals surface area contributed by atoms with Crippen LogP contribution in [0.1, 0.15) is 50.4 Å². The van der Waals surface area contributed by atoms with E-state index in [2.05, 4.69) is 75.5 Å². The van der Waals surface area contributed by atoms with E-state index in [9.17, 15) is 22.0 Å². The summed E-state index contributed by atoms with van der Waals surface area (Å²) in [6.45, 7) is 4.93. The van der Waals surface area contributed by atoms with E-state index in [1.807, 2.05) is 19.2 Å². The Hall–Kier alpha value is -3.95. The second-order valence-electron chi connectivity index (χ2n) is 9.65. The Morgan fingerprint density at radius 1 is 1.07 bits per heavy atom. The van der Waals surface area contributed by atoms with Gasteiger partial charge in [-0.25, -0.2) is 20.1 Å². The Morgan fingerprint density at radius 3 is 2.37 bits per heavy atom. The van der Waals surface area contributed by atoms with E-state index in [4.69, 9.17) is 0 Å². The summed E-state index contributed by atoms with van der Waals surface area (Å²) in [7, 11) is 2.02. The third-order valence-corrected chi connectivity index (χ3v) is 6.58. The Bertz CT molecular complexity index is 1320. The molecule has 2 aromatic carbocycles. The van der Waals surface area contributed by atoms with E-state index in [0.29, 0.717) is 30.1 Å². The van der Waals surface area contributed by atoms with Gasteiger partial charge in [0, 0.05) is 18.8 Å². The Kier molecular flexibility index (Phi) is 10.5. The number of ether oxygens (including phenoxy) is 1. The van der Waals surface area contributed by atoms with Gasteiger partial charge in [-0.3, -0.25) is 0 Å². The molecule has 3 aromatic rings. The van der Waals surface area contributed by atoms with Crippen molar-refractivity contribution in [2.75, 3.05) is 19.0 Å². The molecule has 0 amide bonds. The molecule has 41 heavy (non-hydrogen) atoms. The van der Waals surface area contributed by atoms with Crippen molar-refractivity contribution in [3.8, 4) is 24.3 Å². The van der Waals surface area contributed by atoms with Crippen LogP contribution >= 0.6 is 0 Å². The van der Waals surface area contributed by atoms with Gasteiger partial charge in [-0.1, -0.05) is 38.1 Å². The Labute approximate surface area is 236 Å². The van der Waals surface area contributed by atoms with Crippen LogP contribution in [0.5, 0.6) is 5.75 Å². The van der Waals surface area contributed by atoms with E-state index >= 15 is 0 Å². The zero-order chi connectivity index (χ0) is 30.2. The molecule has 0 saturated carbocycles. The largest absolute Gasteiger partial charge is 0.499 e. The quantitative estimate of drug-likeness (QED) is 0.123. The summed E-state index contributed by atoms with van der Waals surface area (Å²) < 4.78 is 68.5. The van der Waals surface area contributed by atoms with Crippen molar-refractivity contribution in [1.29, 1.82) is 0 Å². The highest BCUT2D eigenvalue weighted by atomic mass is 19.4. The number of para-hydroxylation sites is 1. The lowest BCUT2D eigenvalue weighted by atomic mass is 9.94. The zero-order valence-corrected chi connectivity index (χ0v) is 23.0. The summed E-state index contributed by atoms with van der Waals surface area (Å²) in [6, 6.07) is 13.3. The fourth-order valence-electron chi connectivity index (χ4n) is 4.33. The molecule has 7 nitrogen and oxygen atoms in total. The fraction of sp³-hybridized carbons (Fsp3) is 0.379. The second-order valence-corrected chi connectivity index (χ2v) is 9.65. The summed E-state index contributed by atoms with van der Waals surface area (Å²) in [6.07, 6.45) is 2.95. The molecule has 0 spiro atoms. The summed E-state index contributed by atoms with van der Waals surface area (Å²) >= 11 is 0. The molecule has 0 aliphatic heterocycles. The number of terminal acetylenes is 1. The van der Waals surface area contributed by atoms with Gasteiger partial charge in [-0.2, -0.15) is 22.0 Å². The van der Waals surface area contributed by atoms with Crippen molar-refractivity contribution in [2.24, 2.45) is 0 Å². The van der Waals surface area contributed by atoms with Crippen LogP contribution in [0.3, 0.4) is 0 Å². The van der Waals surface area contributed by atoms with E-state index in [1.165, 1.54) is 28.7 Å². The molecule has 1 aliphatic rings. The van der Waals surface area contributed by atoms with Crippen LogP contribution in [0.4, 0.5) is 27.6 Å². The molecular weight excluding hydrogens is 543 g/mol. The Balaban J connectivity index is 0.00000226. The second kappa shape index (κ2) is 13.6. The standard InChI is InChI=1S/C27H31F5N6O.C2H2/c1-18(2)23-6-4-5-7-24(23)33-16-35-37(3)20-10-8-19(9-11-20)25-34-17-38(36-25)21-12-14-22(15-13-21)39-27(31,32)26(28,29)30;1-2/h4-8,12-15,17-18,20,33,35H,9-11,16H2,1-3H3;1-2H. The Morgan fingerprint density at radius 2 is 1.76 bits per heavy atom. The number of aromatic nitrogens is 3. The molecular formula is C29H33F5N6O. The van der Waals surface area contributed by atoms with Crippen molar-refractivity contribution in [1.82, 2.24) is 25.2 Å². The smallest absolute Gasteiger partial charge is 0.426 e. The normalized spacial score (nSPS) is 15.7. The lowest BCUT2D eigenvalue weighted by molar-refractivity contribution is -0.360. The number of halogens is 5. The van der Waals surface area contributed by atoms with Gasteiger partial charge in [-0.15, -0.1) is 17.9 Å². The molecule has 4 rings (SSSR count). The molecule has 12 heteroatoms. The van der Waals surface area contributed by atoms with Gasteiger partial charge < -0.3 is 10.1 Å². The summed E-state index contributed by atoms with van der Waals surface area (Å²) in [5.41, 5.74) is 7.23. The first-order valence-corrected chi connectivity index (χ1v) is 12.9. The van der Waals surface area contributed by atoms with Crippen molar-refractivity contribution >= 4 is 11.3 Å². The van der Waals surface area contributed by atoms with Gasteiger partial charge in [-0.05, 0) is 66.6 Å². The molecule has 0 saturated heterocycles. The minimum absolute atomic E-state index is 0.292. The first-order valence-electron chi connectivity index (χ1n) is 12.9. The molecule has 2 N–H and O–H groups in total. The summed E-state index contributed by atoms with van der Waals surface area (Å²) in [4.78, 5) is 4.35. The number of hydrogen-bond acceptors (Lipinski definition) is 6. The van der Waals surface area contributed by atoms with Crippen LogP contribution in [0, 0.1) is 12.8 Å². The van der Waals surface area contributed by atoms with Gasteiger partial charge in [0.1, 0.15) is 12.1 Å². The topological polar surface area (TPSA) is 67.2 Å². The number of nitrogens with zero attached hydrogens (tertiary/aromatic N) is 4. The lowest BCUT2D eigenvalue weighted by Crippen LogP contribution is -2.45. The third kappa shape index (κ3) is 8.05. The number of anilines is 1. The molecule has 1 aliphatic carbocycles. The monoisotopic (exact) mass is 576 g/mol. The summed E-state index contributed by atoms with van der Waals surface area (Å²) in [5.74, 6) is 0.356. The molecule has 1 unspecified atom stereocenters. The first kappa shape index (κ1) is 31.6. The maximum Gasteiger partial charge on any atom is 0.499 e. The van der Waals surface area contributed by atoms with Gasteiger partial charge in [0.2, 0.25) is 0 Å². The minimum Gasteiger partial charge on any atom is -0.426 e. The van der Waals surface area contributed by atoms with Crippen molar-refractivity contribution in [3.05, 3.63) is 72.3 Å². The van der Waals surface area contributed by atoms with E-state index < -0.39 is 18.0 Å². The van der Waals surface area contributed by atoms with Crippen LogP contribution in [0.2, 0.25) is 0 Å². The first-order chi connectivity index (χ1) is 19.4. The molecule has 0 radical (unpaired) electrons. The maximum atomic E-state index is 13.1. The minimum atomic E-state index is -5.80. The SMILES string of the molecule is C#C.CC(C)c1ccccc1NCNN(C)C1CC=C(c2ncn(-c3ccc(OC(F)(F)C(F)(F)F)cc3)n2)CC1. The third-order valence-electron chi connectivity index (χ3n) is 6.58. The number of alkyl halides is 5. The highest BCUT2D eigenvalue weighted by Gasteiger charge is 2.61. The average molecular weight is 577 g/mol. The number of allylic oxidation sites excluding steroid dienone is 1. The molecule has 0 bridgehead atoms. The fourth-order valence-corrected chi connectivity index (χ4v) is 4.33. The van der Waals surface area contributed by atoms with Gasteiger partial charge in [0.15, 0.2) is 5.82 Å². The number of nitrogens with one attached hydrogen (secondary N) is 2. The molecule has 1 atom stereocenters.